The molecule has 1 N–H and O–H groups in total. The highest BCUT2D eigenvalue weighted by molar-refractivity contribution is 5.74. The van der Waals surface area contributed by atoms with Crippen molar-refractivity contribution in [2.75, 3.05) is 18.5 Å². The fourth-order valence-electron chi connectivity index (χ4n) is 1.69. The van der Waals surface area contributed by atoms with Gasteiger partial charge in [-0.05, 0) is 12.5 Å². The molecule has 0 aliphatic heterocycles. The molecule has 0 fully saturated rings. The number of hydrogen-bond donors (Lipinski definition) is 1. The van der Waals surface area contributed by atoms with Gasteiger partial charge in [0.05, 0.1) is 13.2 Å². The van der Waals surface area contributed by atoms with Crippen LogP contribution in [0.2, 0.25) is 0 Å². The first kappa shape index (κ1) is 16.8. The summed E-state index contributed by atoms with van der Waals surface area (Å²) in [6.45, 7) is 7.02. The third-order valence-corrected chi connectivity index (χ3v) is 2.55. The predicted molar refractivity (Wildman–Crippen MR) is 84.2 cm³/mol. The van der Waals surface area contributed by atoms with Crippen molar-refractivity contribution in [3.63, 3.8) is 0 Å². The molecule has 0 unspecified atom stereocenters. The minimum atomic E-state index is -0.278. The van der Waals surface area contributed by atoms with Crippen LogP contribution in [0.1, 0.15) is 26.3 Å². The second-order valence-corrected chi connectivity index (χ2v) is 4.04. The van der Waals surface area contributed by atoms with Crippen molar-refractivity contribution in [3.8, 4) is 0 Å². The van der Waals surface area contributed by atoms with Gasteiger partial charge in [-0.25, -0.2) is 0 Å². The Kier molecular flexibility index (Phi) is 7.64. The lowest BCUT2D eigenvalue weighted by Gasteiger charge is -2.03. The number of nitrogens with zero attached hydrogens (tertiary/aromatic N) is 2. The molecule has 0 aliphatic rings. The number of nitrogens with one attached hydrogen (secondary N) is 1. The molecule has 0 amide bonds. The van der Waals surface area contributed by atoms with E-state index in [1.54, 1.807) is 6.92 Å². The van der Waals surface area contributed by atoms with Crippen molar-refractivity contribution in [2.45, 2.75) is 27.3 Å². The Morgan fingerprint density at radius 1 is 1.24 bits per heavy atom. The van der Waals surface area contributed by atoms with Gasteiger partial charge >= 0.3 is 5.97 Å². The lowest BCUT2D eigenvalue weighted by molar-refractivity contribution is -0.140. The van der Waals surface area contributed by atoms with Gasteiger partial charge in [-0.1, -0.05) is 44.2 Å². The van der Waals surface area contributed by atoms with Gasteiger partial charge in [-0.15, -0.1) is 0 Å². The quantitative estimate of drug-likeness (QED) is 0.831. The second-order valence-electron chi connectivity index (χ2n) is 4.04. The minimum Gasteiger partial charge on any atom is -0.465 e. The van der Waals surface area contributed by atoms with Crippen molar-refractivity contribution in [2.24, 2.45) is 0 Å². The van der Waals surface area contributed by atoms with Crippen LogP contribution >= 0.6 is 0 Å². The van der Waals surface area contributed by atoms with E-state index in [9.17, 15) is 4.79 Å². The van der Waals surface area contributed by atoms with Crippen molar-refractivity contribution in [1.82, 2.24) is 9.78 Å². The Labute approximate surface area is 125 Å². The topological polar surface area (TPSA) is 56.1 Å². The number of esters is 1. The normalized spacial score (nSPS) is 9.48. The molecule has 114 valence electrons. The van der Waals surface area contributed by atoms with Gasteiger partial charge in [0.15, 0.2) is 0 Å². The molecule has 2 aromatic rings. The second kappa shape index (κ2) is 9.58. The molecule has 0 spiro atoms. The van der Waals surface area contributed by atoms with Gasteiger partial charge in [0, 0.05) is 12.3 Å². The van der Waals surface area contributed by atoms with Gasteiger partial charge in [-0.2, -0.15) is 5.10 Å². The average Bonchev–Trinajstić information content (AvgIpc) is 2.96. The lowest BCUT2D eigenvalue weighted by atomic mass is 10.2. The molecular weight excluding hydrogens is 266 g/mol. The Morgan fingerprint density at radius 3 is 2.62 bits per heavy atom. The van der Waals surface area contributed by atoms with Crippen molar-refractivity contribution in [3.05, 3.63) is 48.2 Å². The molecule has 21 heavy (non-hydrogen) atoms. The Balaban J connectivity index is 0.00000106. The maximum absolute atomic E-state index is 11.2. The zero-order valence-electron chi connectivity index (χ0n) is 12.9. The van der Waals surface area contributed by atoms with Gasteiger partial charge in [0.25, 0.3) is 0 Å². The molecule has 1 aromatic carbocycles. The zero-order chi connectivity index (χ0) is 15.5. The van der Waals surface area contributed by atoms with Gasteiger partial charge < -0.3 is 10.1 Å². The van der Waals surface area contributed by atoms with E-state index in [-0.39, 0.29) is 12.5 Å². The van der Waals surface area contributed by atoms with Crippen molar-refractivity contribution < 1.29 is 9.53 Å². The standard InChI is InChI=1S/C14H17N3O2.C2H6/c1-2-19-14(18)10-15-13-8-9-17(16-13)11-12-6-4-3-5-7-12;1-2/h3-9H,2,10-11H2,1H3,(H,15,16);1-2H3. The lowest BCUT2D eigenvalue weighted by Crippen LogP contribution is -2.17. The summed E-state index contributed by atoms with van der Waals surface area (Å²) >= 11 is 0. The molecule has 0 aliphatic carbocycles. The highest BCUT2D eigenvalue weighted by Crippen LogP contribution is 2.06. The molecule has 2 rings (SSSR count). The molecule has 5 heteroatoms. The first-order chi connectivity index (χ1) is 10.3. The van der Waals surface area contributed by atoms with Crippen LogP contribution in [0.3, 0.4) is 0 Å². The molecule has 0 saturated carbocycles. The predicted octanol–water partition coefficient (Wildman–Crippen LogP) is 2.93. The van der Waals surface area contributed by atoms with Crippen LogP contribution in [0, 0.1) is 0 Å². The minimum absolute atomic E-state index is 0.135. The number of aromatic nitrogens is 2. The summed E-state index contributed by atoms with van der Waals surface area (Å²) in [4.78, 5) is 11.2. The highest BCUT2D eigenvalue weighted by atomic mass is 16.5. The van der Waals surface area contributed by atoms with E-state index in [2.05, 4.69) is 10.4 Å². The molecule has 1 aromatic heterocycles. The van der Waals surface area contributed by atoms with Gasteiger partial charge in [0.2, 0.25) is 0 Å². The molecular formula is C16H23N3O2. The van der Waals surface area contributed by atoms with Crippen LogP contribution < -0.4 is 5.32 Å². The summed E-state index contributed by atoms with van der Waals surface area (Å²) in [7, 11) is 0. The molecule has 5 nitrogen and oxygen atoms in total. The summed E-state index contributed by atoms with van der Waals surface area (Å²) in [6.07, 6.45) is 1.88. The third-order valence-electron chi connectivity index (χ3n) is 2.55. The number of anilines is 1. The van der Waals surface area contributed by atoms with Crippen LogP contribution in [0.25, 0.3) is 0 Å². The SMILES string of the molecule is CC.CCOC(=O)CNc1ccn(Cc2ccccc2)n1. The number of carbonyl (C=O) groups is 1. The van der Waals surface area contributed by atoms with Crippen LogP contribution in [0.4, 0.5) is 5.82 Å². The Morgan fingerprint density at radius 2 is 1.95 bits per heavy atom. The van der Waals surface area contributed by atoms with Crippen LogP contribution in [0.15, 0.2) is 42.6 Å². The van der Waals surface area contributed by atoms with E-state index in [4.69, 9.17) is 4.74 Å². The maximum atomic E-state index is 11.2. The van der Waals surface area contributed by atoms with E-state index in [1.807, 2.05) is 61.1 Å². The first-order valence-electron chi connectivity index (χ1n) is 7.25. The average molecular weight is 289 g/mol. The smallest absolute Gasteiger partial charge is 0.325 e. The van der Waals surface area contributed by atoms with Crippen molar-refractivity contribution in [1.29, 1.82) is 0 Å². The van der Waals surface area contributed by atoms with E-state index >= 15 is 0 Å². The summed E-state index contributed by atoms with van der Waals surface area (Å²) in [5.74, 6) is 0.393. The molecule has 0 atom stereocenters. The highest BCUT2D eigenvalue weighted by Gasteiger charge is 2.03. The fourth-order valence-corrected chi connectivity index (χ4v) is 1.69. The summed E-state index contributed by atoms with van der Waals surface area (Å²) in [6, 6.07) is 11.9. The van der Waals surface area contributed by atoms with Crippen LogP contribution in [-0.4, -0.2) is 28.9 Å². The van der Waals surface area contributed by atoms with E-state index in [0.717, 1.165) is 0 Å². The number of hydrogen-bond acceptors (Lipinski definition) is 4. The molecule has 0 saturated heterocycles. The van der Waals surface area contributed by atoms with E-state index < -0.39 is 0 Å². The van der Waals surface area contributed by atoms with E-state index in [1.165, 1.54) is 5.56 Å². The zero-order valence-corrected chi connectivity index (χ0v) is 12.9. The summed E-state index contributed by atoms with van der Waals surface area (Å²) < 4.78 is 6.65. The Bertz CT molecular complexity index is 523. The molecule has 0 bridgehead atoms. The summed E-state index contributed by atoms with van der Waals surface area (Å²) in [5.41, 5.74) is 1.18. The number of ether oxygens (including phenoxy) is 1. The molecule has 1 heterocycles. The van der Waals surface area contributed by atoms with Gasteiger partial charge in [-0.3, -0.25) is 9.48 Å². The maximum Gasteiger partial charge on any atom is 0.325 e. The van der Waals surface area contributed by atoms with Crippen molar-refractivity contribution >= 4 is 11.8 Å². The number of carbonyl (C=O) groups excluding carboxylic acids is 1. The fraction of sp³-hybridized carbons (Fsp3) is 0.375. The van der Waals surface area contributed by atoms with Crippen LogP contribution in [0.5, 0.6) is 0 Å². The largest absolute Gasteiger partial charge is 0.465 e. The monoisotopic (exact) mass is 289 g/mol. The summed E-state index contributed by atoms with van der Waals surface area (Å²) in [5, 5.41) is 7.26. The third kappa shape index (κ3) is 6.12. The van der Waals surface area contributed by atoms with Gasteiger partial charge in [0.1, 0.15) is 12.4 Å². The first-order valence-corrected chi connectivity index (χ1v) is 7.25. The number of rotatable bonds is 6. The Hall–Kier alpha value is -2.30. The number of benzene rings is 1. The van der Waals surface area contributed by atoms with E-state index in [0.29, 0.717) is 19.0 Å². The molecule has 0 radical (unpaired) electrons. The van der Waals surface area contributed by atoms with Crippen LogP contribution in [-0.2, 0) is 16.1 Å².